The zero-order valence-corrected chi connectivity index (χ0v) is 12.1. The quantitative estimate of drug-likeness (QED) is 0.730. The fourth-order valence-corrected chi connectivity index (χ4v) is 2.39. The Labute approximate surface area is 122 Å². The van der Waals surface area contributed by atoms with Crippen LogP contribution < -0.4 is 5.73 Å². The maximum Gasteiger partial charge on any atom is 0.162 e. The van der Waals surface area contributed by atoms with Crippen molar-refractivity contribution < 1.29 is 0 Å². The van der Waals surface area contributed by atoms with Gasteiger partial charge in [0.1, 0.15) is 5.82 Å². The van der Waals surface area contributed by atoms with Crippen LogP contribution in [0.25, 0.3) is 22.3 Å². The largest absolute Gasteiger partial charge is 0.383 e. The van der Waals surface area contributed by atoms with Crippen LogP contribution in [-0.4, -0.2) is 9.97 Å². The van der Waals surface area contributed by atoms with Crippen LogP contribution >= 0.6 is 11.6 Å². The lowest BCUT2D eigenvalue weighted by Crippen LogP contribution is -1.99. The van der Waals surface area contributed by atoms with Gasteiger partial charge in [0.05, 0.1) is 5.52 Å². The Morgan fingerprint density at radius 3 is 2.60 bits per heavy atom. The minimum Gasteiger partial charge on any atom is -0.383 e. The summed E-state index contributed by atoms with van der Waals surface area (Å²) in [4.78, 5) is 9.02. The first-order valence-corrected chi connectivity index (χ1v) is 6.73. The Kier molecular flexibility index (Phi) is 3.07. The van der Waals surface area contributed by atoms with Gasteiger partial charge in [0.25, 0.3) is 0 Å². The van der Waals surface area contributed by atoms with E-state index in [1.165, 1.54) is 0 Å². The molecule has 3 rings (SSSR count). The van der Waals surface area contributed by atoms with Crippen molar-refractivity contribution in [2.75, 3.05) is 5.73 Å². The molecule has 100 valence electrons. The number of hydrogen-bond donors (Lipinski definition) is 1. The number of aromatic nitrogens is 2. The van der Waals surface area contributed by atoms with Crippen molar-refractivity contribution in [2.24, 2.45) is 0 Å². The molecule has 0 fully saturated rings. The molecule has 0 spiro atoms. The number of anilines is 1. The van der Waals surface area contributed by atoms with Gasteiger partial charge in [-0.05, 0) is 43.7 Å². The van der Waals surface area contributed by atoms with Crippen molar-refractivity contribution in [1.29, 1.82) is 0 Å². The zero-order chi connectivity index (χ0) is 14.3. The third-order valence-corrected chi connectivity index (χ3v) is 3.56. The third-order valence-electron chi connectivity index (χ3n) is 3.32. The molecule has 2 aromatic carbocycles. The maximum absolute atomic E-state index is 6.07. The second kappa shape index (κ2) is 4.76. The van der Waals surface area contributed by atoms with Crippen LogP contribution in [0.5, 0.6) is 0 Å². The predicted molar refractivity (Wildman–Crippen MR) is 83.9 cm³/mol. The van der Waals surface area contributed by atoms with E-state index in [4.69, 9.17) is 17.3 Å². The molecule has 0 radical (unpaired) electrons. The van der Waals surface area contributed by atoms with Crippen molar-refractivity contribution >= 4 is 28.3 Å². The third kappa shape index (κ3) is 2.21. The molecule has 3 nitrogen and oxygen atoms in total. The van der Waals surface area contributed by atoms with Crippen LogP contribution in [0.3, 0.4) is 0 Å². The van der Waals surface area contributed by atoms with Crippen molar-refractivity contribution in [3.05, 3.63) is 52.5 Å². The monoisotopic (exact) mass is 283 g/mol. The molecule has 4 heteroatoms. The highest BCUT2D eigenvalue weighted by Gasteiger charge is 2.10. The van der Waals surface area contributed by atoms with Gasteiger partial charge in [-0.1, -0.05) is 29.3 Å². The molecule has 2 N–H and O–H groups in total. The van der Waals surface area contributed by atoms with E-state index in [1.807, 2.05) is 50.2 Å². The number of benzene rings is 2. The molecule has 0 bridgehead atoms. The number of aryl methyl sites for hydroxylation is 2. The maximum atomic E-state index is 6.07. The van der Waals surface area contributed by atoms with Gasteiger partial charge in [-0.25, -0.2) is 9.97 Å². The van der Waals surface area contributed by atoms with Crippen molar-refractivity contribution in [2.45, 2.75) is 13.8 Å². The number of nitrogen functional groups attached to an aromatic ring is 1. The topological polar surface area (TPSA) is 51.8 Å². The average Bonchev–Trinajstić information content (AvgIpc) is 2.42. The minimum atomic E-state index is 0.494. The van der Waals surface area contributed by atoms with Crippen molar-refractivity contribution in [3.63, 3.8) is 0 Å². The molecule has 0 saturated carbocycles. The lowest BCUT2D eigenvalue weighted by molar-refractivity contribution is 1.22. The number of nitrogens with two attached hydrogens (primary N) is 1. The standard InChI is InChI=1S/C16H14ClN3/c1-9-3-6-14-13(7-9)15(18)20-16(19-14)12-8-11(17)5-4-10(12)2/h3-8H,1-2H3,(H2,18,19,20). The molecular formula is C16H14ClN3. The minimum absolute atomic E-state index is 0.494. The van der Waals surface area contributed by atoms with Gasteiger partial charge in [-0.15, -0.1) is 0 Å². The molecule has 1 heterocycles. The van der Waals surface area contributed by atoms with Crippen LogP contribution in [0, 0.1) is 13.8 Å². The van der Waals surface area contributed by atoms with Crippen LogP contribution in [-0.2, 0) is 0 Å². The molecule has 3 aromatic rings. The molecule has 0 aliphatic rings. The Balaban J connectivity index is 2.27. The summed E-state index contributed by atoms with van der Waals surface area (Å²) < 4.78 is 0. The van der Waals surface area contributed by atoms with E-state index in [0.29, 0.717) is 16.7 Å². The van der Waals surface area contributed by atoms with Crippen molar-refractivity contribution in [3.8, 4) is 11.4 Å². The summed E-state index contributed by atoms with van der Waals surface area (Å²) in [6.07, 6.45) is 0. The molecular weight excluding hydrogens is 270 g/mol. The van der Waals surface area contributed by atoms with E-state index in [1.54, 1.807) is 0 Å². The van der Waals surface area contributed by atoms with Crippen molar-refractivity contribution in [1.82, 2.24) is 9.97 Å². The second-order valence-corrected chi connectivity index (χ2v) is 5.35. The number of rotatable bonds is 1. The lowest BCUT2D eigenvalue weighted by atomic mass is 10.1. The highest BCUT2D eigenvalue weighted by molar-refractivity contribution is 6.30. The number of halogens is 1. The predicted octanol–water partition coefficient (Wildman–Crippen LogP) is 4.15. The molecule has 0 amide bonds. The van der Waals surface area contributed by atoms with Gasteiger partial charge in [0.2, 0.25) is 0 Å². The molecule has 20 heavy (non-hydrogen) atoms. The molecule has 0 unspecified atom stereocenters. The Morgan fingerprint density at radius 1 is 1.00 bits per heavy atom. The van der Waals surface area contributed by atoms with Gasteiger partial charge >= 0.3 is 0 Å². The summed E-state index contributed by atoms with van der Waals surface area (Å²) in [6, 6.07) is 11.7. The summed E-state index contributed by atoms with van der Waals surface area (Å²) in [5.41, 5.74) is 10.0. The Bertz CT molecular complexity index is 812. The number of fused-ring (bicyclic) bond motifs is 1. The molecule has 1 aromatic heterocycles. The molecule has 0 atom stereocenters. The molecule has 0 aliphatic heterocycles. The Hall–Kier alpha value is -2.13. The number of nitrogens with zero attached hydrogens (tertiary/aromatic N) is 2. The van der Waals surface area contributed by atoms with Crippen LogP contribution in [0.1, 0.15) is 11.1 Å². The van der Waals surface area contributed by atoms with E-state index >= 15 is 0 Å². The van der Waals surface area contributed by atoms with E-state index < -0.39 is 0 Å². The summed E-state index contributed by atoms with van der Waals surface area (Å²) >= 11 is 6.06. The highest BCUT2D eigenvalue weighted by atomic mass is 35.5. The molecule has 0 saturated heterocycles. The van der Waals surface area contributed by atoms with Crippen LogP contribution in [0.15, 0.2) is 36.4 Å². The summed E-state index contributed by atoms with van der Waals surface area (Å²) in [5, 5.41) is 1.55. The lowest BCUT2D eigenvalue weighted by Gasteiger charge is -2.08. The zero-order valence-electron chi connectivity index (χ0n) is 11.3. The van der Waals surface area contributed by atoms with Gasteiger partial charge in [-0.2, -0.15) is 0 Å². The van der Waals surface area contributed by atoms with Crippen LogP contribution in [0.2, 0.25) is 5.02 Å². The average molecular weight is 284 g/mol. The van der Waals surface area contributed by atoms with E-state index in [9.17, 15) is 0 Å². The Morgan fingerprint density at radius 2 is 1.80 bits per heavy atom. The highest BCUT2D eigenvalue weighted by Crippen LogP contribution is 2.27. The fourth-order valence-electron chi connectivity index (χ4n) is 2.22. The smallest absolute Gasteiger partial charge is 0.162 e. The number of hydrogen-bond acceptors (Lipinski definition) is 3. The van der Waals surface area contributed by atoms with Gasteiger partial charge in [0.15, 0.2) is 5.82 Å². The van der Waals surface area contributed by atoms with E-state index in [2.05, 4.69) is 9.97 Å². The van der Waals surface area contributed by atoms with E-state index in [-0.39, 0.29) is 0 Å². The summed E-state index contributed by atoms with van der Waals surface area (Å²) in [6.45, 7) is 4.03. The fraction of sp³-hybridized carbons (Fsp3) is 0.125. The van der Waals surface area contributed by atoms with Crippen LogP contribution in [0.4, 0.5) is 5.82 Å². The summed E-state index contributed by atoms with van der Waals surface area (Å²) in [7, 11) is 0. The SMILES string of the molecule is Cc1ccc2nc(-c3cc(Cl)ccc3C)nc(N)c2c1. The van der Waals surface area contributed by atoms with Gasteiger partial charge in [0, 0.05) is 16.0 Å². The van der Waals surface area contributed by atoms with Gasteiger partial charge < -0.3 is 5.73 Å². The first kappa shape index (κ1) is 12.9. The van der Waals surface area contributed by atoms with E-state index in [0.717, 1.165) is 27.6 Å². The first-order chi connectivity index (χ1) is 9.54. The molecule has 0 aliphatic carbocycles. The normalized spacial score (nSPS) is 10.9. The summed E-state index contributed by atoms with van der Waals surface area (Å²) in [5.74, 6) is 1.10. The first-order valence-electron chi connectivity index (χ1n) is 6.35. The second-order valence-electron chi connectivity index (χ2n) is 4.91. The van der Waals surface area contributed by atoms with Gasteiger partial charge in [-0.3, -0.25) is 0 Å².